The van der Waals surface area contributed by atoms with Gasteiger partial charge in [-0.1, -0.05) is 12.1 Å². The van der Waals surface area contributed by atoms with Gasteiger partial charge in [-0.3, -0.25) is 4.79 Å². The van der Waals surface area contributed by atoms with E-state index in [-0.39, 0.29) is 16.8 Å². The average Bonchev–Trinajstić information content (AvgIpc) is 3.16. The zero-order valence-corrected chi connectivity index (χ0v) is 15.7. The highest BCUT2D eigenvalue weighted by atomic mass is 32.2. The minimum absolute atomic E-state index is 0.102. The first-order valence-corrected chi connectivity index (χ1v) is 10.1. The van der Waals surface area contributed by atoms with Gasteiger partial charge in [0, 0.05) is 31.4 Å². The molecule has 0 aliphatic carbocycles. The van der Waals surface area contributed by atoms with Gasteiger partial charge >= 0.3 is 0 Å². The molecule has 1 aliphatic heterocycles. The SMILES string of the molecule is CCC(=O)Nc1ccc(S(=O)(=O)N2CCC(n3ccnn3)CC2)c(C)c1. The second kappa shape index (κ2) is 7.55. The Balaban J connectivity index is 1.73. The van der Waals surface area contributed by atoms with Crippen LogP contribution in [0.2, 0.25) is 0 Å². The maximum Gasteiger partial charge on any atom is 0.243 e. The number of hydrogen-bond donors (Lipinski definition) is 1. The monoisotopic (exact) mass is 377 g/mol. The summed E-state index contributed by atoms with van der Waals surface area (Å²) in [5, 5.41) is 10.6. The standard InChI is InChI=1S/C17H23N5O3S/c1-3-17(23)19-14-4-5-16(13(2)12-14)26(24,25)21-9-6-15(7-10-21)22-11-8-18-20-22/h4-5,8,11-12,15H,3,6-7,9-10H2,1-2H3,(H,19,23). The van der Waals surface area contributed by atoms with Crippen LogP contribution in [0.5, 0.6) is 0 Å². The van der Waals surface area contributed by atoms with Gasteiger partial charge in [0.25, 0.3) is 0 Å². The van der Waals surface area contributed by atoms with Crippen LogP contribution in [0.1, 0.15) is 37.8 Å². The van der Waals surface area contributed by atoms with Gasteiger partial charge in [0.05, 0.1) is 17.1 Å². The Morgan fingerprint density at radius 3 is 2.62 bits per heavy atom. The molecule has 0 radical (unpaired) electrons. The zero-order chi connectivity index (χ0) is 18.7. The predicted molar refractivity (Wildman–Crippen MR) is 97.2 cm³/mol. The minimum Gasteiger partial charge on any atom is -0.326 e. The summed E-state index contributed by atoms with van der Waals surface area (Å²) in [7, 11) is -3.56. The summed E-state index contributed by atoms with van der Waals surface area (Å²) in [6.45, 7) is 4.40. The van der Waals surface area contributed by atoms with E-state index in [2.05, 4.69) is 15.6 Å². The zero-order valence-electron chi connectivity index (χ0n) is 14.9. The molecule has 0 saturated carbocycles. The molecule has 9 heteroatoms. The van der Waals surface area contributed by atoms with Crippen LogP contribution in [0.4, 0.5) is 5.69 Å². The van der Waals surface area contributed by atoms with Crippen molar-refractivity contribution in [3.8, 4) is 0 Å². The van der Waals surface area contributed by atoms with Gasteiger partial charge in [0.1, 0.15) is 0 Å². The fourth-order valence-electron chi connectivity index (χ4n) is 3.16. The van der Waals surface area contributed by atoms with Crippen molar-refractivity contribution in [1.82, 2.24) is 19.3 Å². The number of sulfonamides is 1. The predicted octanol–water partition coefficient (Wildman–Crippen LogP) is 1.96. The molecule has 2 aromatic rings. The minimum atomic E-state index is -3.56. The van der Waals surface area contributed by atoms with Crippen LogP contribution in [0.15, 0.2) is 35.5 Å². The number of rotatable bonds is 5. The first kappa shape index (κ1) is 18.5. The van der Waals surface area contributed by atoms with E-state index in [1.165, 1.54) is 4.31 Å². The Labute approximate surface area is 153 Å². The molecule has 1 saturated heterocycles. The first-order chi connectivity index (χ1) is 12.4. The third kappa shape index (κ3) is 3.78. The van der Waals surface area contributed by atoms with Gasteiger partial charge in [-0.25, -0.2) is 13.1 Å². The molecule has 3 rings (SSSR count). The number of nitrogens with one attached hydrogen (secondary N) is 1. The van der Waals surface area contributed by atoms with Crippen LogP contribution in [0, 0.1) is 6.92 Å². The summed E-state index contributed by atoms with van der Waals surface area (Å²) in [5.41, 5.74) is 1.23. The van der Waals surface area contributed by atoms with Crippen molar-refractivity contribution < 1.29 is 13.2 Å². The topological polar surface area (TPSA) is 97.2 Å². The van der Waals surface area contributed by atoms with Gasteiger partial charge in [-0.05, 0) is 43.5 Å². The van der Waals surface area contributed by atoms with Gasteiger partial charge in [-0.2, -0.15) is 4.31 Å². The lowest BCUT2D eigenvalue weighted by molar-refractivity contribution is -0.115. The summed E-state index contributed by atoms with van der Waals surface area (Å²) in [6.07, 6.45) is 5.21. The van der Waals surface area contributed by atoms with Crippen molar-refractivity contribution in [1.29, 1.82) is 0 Å². The number of amides is 1. The number of piperidine rings is 1. The smallest absolute Gasteiger partial charge is 0.243 e. The summed E-state index contributed by atoms with van der Waals surface area (Å²) in [6, 6.07) is 5.08. The summed E-state index contributed by atoms with van der Waals surface area (Å²) >= 11 is 0. The van der Waals surface area contributed by atoms with Crippen molar-refractivity contribution in [3.63, 3.8) is 0 Å². The highest BCUT2D eigenvalue weighted by Crippen LogP contribution is 2.28. The molecule has 0 atom stereocenters. The van der Waals surface area contributed by atoms with Crippen LogP contribution < -0.4 is 5.32 Å². The molecule has 0 unspecified atom stereocenters. The van der Waals surface area contributed by atoms with Crippen LogP contribution in [0.3, 0.4) is 0 Å². The Kier molecular flexibility index (Phi) is 5.38. The lowest BCUT2D eigenvalue weighted by Gasteiger charge is -2.31. The van der Waals surface area contributed by atoms with Crippen molar-refractivity contribution in [2.45, 2.75) is 44.0 Å². The summed E-state index contributed by atoms with van der Waals surface area (Å²) in [5.74, 6) is -0.102. The third-order valence-corrected chi connectivity index (χ3v) is 6.70. The van der Waals surface area contributed by atoms with E-state index in [4.69, 9.17) is 0 Å². The number of carbonyl (C=O) groups excluding carboxylic acids is 1. The normalized spacial score (nSPS) is 16.5. The van der Waals surface area contributed by atoms with Gasteiger partial charge in [0.15, 0.2) is 0 Å². The third-order valence-electron chi connectivity index (χ3n) is 4.64. The molecule has 140 valence electrons. The van der Waals surface area contributed by atoms with Crippen LogP contribution >= 0.6 is 0 Å². The molecule has 0 bridgehead atoms. The average molecular weight is 377 g/mol. The molecule has 1 fully saturated rings. The number of benzene rings is 1. The number of aromatic nitrogens is 3. The Morgan fingerprint density at radius 1 is 1.31 bits per heavy atom. The van der Waals surface area contributed by atoms with E-state index in [1.54, 1.807) is 42.9 Å². The van der Waals surface area contributed by atoms with Gasteiger partial charge in [-0.15, -0.1) is 5.10 Å². The fraction of sp³-hybridized carbons (Fsp3) is 0.471. The molecule has 1 aliphatic rings. The molecule has 1 N–H and O–H groups in total. The Hall–Kier alpha value is -2.26. The second-order valence-electron chi connectivity index (χ2n) is 6.40. The number of anilines is 1. The maximum absolute atomic E-state index is 13.0. The number of hydrogen-bond acceptors (Lipinski definition) is 5. The van der Waals surface area contributed by atoms with Crippen LogP contribution in [-0.4, -0.2) is 46.7 Å². The van der Waals surface area contributed by atoms with Gasteiger partial charge in [0.2, 0.25) is 15.9 Å². The molecule has 0 spiro atoms. The number of nitrogens with zero attached hydrogens (tertiary/aromatic N) is 4. The Morgan fingerprint density at radius 2 is 2.04 bits per heavy atom. The number of carbonyl (C=O) groups is 1. The Bertz CT molecular complexity index is 872. The van der Waals surface area contributed by atoms with E-state index in [0.29, 0.717) is 43.6 Å². The van der Waals surface area contributed by atoms with Crippen LogP contribution in [-0.2, 0) is 14.8 Å². The van der Waals surface area contributed by atoms with Gasteiger partial charge < -0.3 is 5.32 Å². The molecule has 1 aromatic heterocycles. The molecule has 1 aromatic carbocycles. The quantitative estimate of drug-likeness (QED) is 0.859. The maximum atomic E-state index is 13.0. The summed E-state index contributed by atoms with van der Waals surface area (Å²) < 4.78 is 29.3. The summed E-state index contributed by atoms with van der Waals surface area (Å²) in [4.78, 5) is 11.8. The van der Waals surface area contributed by atoms with Crippen molar-refractivity contribution in [2.75, 3.05) is 18.4 Å². The van der Waals surface area contributed by atoms with E-state index in [1.807, 2.05) is 6.20 Å². The lowest BCUT2D eigenvalue weighted by Crippen LogP contribution is -2.39. The molecule has 2 heterocycles. The molecular weight excluding hydrogens is 354 g/mol. The van der Waals surface area contributed by atoms with Crippen molar-refractivity contribution in [2.24, 2.45) is 0 Å². The van der Waals surface area contributed by atoms with Crippen molar-refractivity contribution >= 4 is 21.6 Å². The molecular formula is C17H23N5O3S. The van der Waals surface area contributed by atoms with E-state index < -0.39 is 10.0 Å². The second-order valence-corrected chi connectivity index (χ2v) is 8.31. The molecule has 1 amide bonds. The largest absolute Gasteiger partial charge is 0.326 e. The van der Waals surface area contributed by atoms with E-state index >= 15 is 0 Å². The van der Waals surface area contributed by atoms with E-state index in [9.17, 15) is 13.2 Å². The van der Waals surface area contributed by atoms with Crippen LogP contribution in [0.25, 0.3) is 0 Å². The van der Waals surface area contributed by atoms with Crippen molar-refractivity contribution in [3.05, 3.63) is 36.2 Å². The molecule has 8 nitrogen and oxygen atoms in total. The first-order valence-electron chi connectivity index (χ1n) is 8.68. The number of aryl methyl sites for hydroxylation is 1. The highest BCUT2D eigenvalue weighted by molar-refractivity contribution is 7.89. The van der Waals surface area contributed by atoms with E-state index in [0.717, 1.165) is 0 Å². The lowest BCUT2D eigenvalue weighted by atomic mass is 10.1. The fourth-order valence-corrected chi connectivity index (χ4v) is 4.84. The highest BCUT2D eigenvalue weighted by Gasteiger charge is 2.31. The molecule has 26 heavy (non-hydrogen) atoms.